The molecule has 2 N–H and O–H groups in total. The summed E-state index contributed by atoms with van der Waals surface area (Å²) in [7, 11) is 1.49. The first kappa shape index (κ1) is 14.6. The van der Waals surface area contributed by atoms with Crippen LogP contribution in [0.1, 0.15) is 37.5 Å². The van der Waals surface area contributed by atoms with Crippen molar-refractivity contribution in [2.24, 2.45) is 0 Å². The molecule has 1 aromatic heterocycles. The average Bonchev–Trinajstić information content (AvgIpc) is 2.86. The van der Waals surface area contributed by atoms with Crippen molar-refractivity contribution < 1.29 is 14.0 Å². The van der Waals surface area contributed by atoms with Gasteiger partial charge in [-0.2, -0.15) is 0 Å². The van der Waals surface area contributed by atoms with E-state index >= 15 is 0 Å². The Morgan fingerprint density at radius 2 is 2.25 bits per heavy atom. The molecule has 1 aliphatic rings. The highest BCUT2D eigenvalue weighted by Crippen LogP contribution is 2.29. The maximum absolute atomic E-state index is 11.9. The number of carbonyl (C=O) groups excluding carboxylic acids is 2. The summed E-state index contributed by atoms with van der Waals surface area (Å²) in [6.07, 6.45) is 5.97. The van der Waals surface area contributed by atoms with Gasteiger partial charge in [-0.15, -0.1) is 0 Å². The van der Waals surface area contributed by atoms with E-state index in [0.29, 0.717) is 0 Å². The van der Waals surface area contributed by atoms with Gasteiger partial charge in [0.1, 0.15) is 5.76 Å². The first-order valence-electron chi connectivity index (χ1n) is 6.99. The molecule has 0 spiro atoms. The van der Waals surface area contributed by atoms with E-state index in [1.54, 1.807) is 6.26 Å². The monoisotopic (exact) mass is 279 g/mol. The molecule has 0 bridgehead atoms. The normalized spacial score (nSPS) is 20.1. The SMILES string of the molecule is CNC(=O)NC(=O)CN1CCCCC[C@@H]1c1ccco1. The van der Waals surface area contributed by atoms with Gasteiger partial charge >= 0.3 is 6.03 Å². The Kier molecular flexibility index (Phi) is 5.17. The molecular formula is C14H21N3O3. The van der Waals surface area contributed by atoms with Crippen molar-refractivity contribution in [1.29, 1.82) is 0 Å². The van der Waals surface area contributed by atoms with Crippen LogP contribution in [0.3, 0.4) is 0 Å². The maximum atomic E-state index is 11.9. The first-order chi connectivity index (χ1) is 9.70. The Balaban J connectivity index is 2.01. The summed E-state index contributed by atoms with van der Waals surface area (Å²) < 4.78 is 5.49. The highest BCUT2D eigenvalue weighted by Gasteiger charge is 2.26. The molecule has 1 atom stereocenters. The fourth-order valence-electron chi connectivity index (χ4n) is 2.57. The predicted molar refractivity (Wildman–Crippen MR) is 74.1 cm³/mol. The zero-order valence-corrected chi connectivity index (χ0v) is 11.7. The molecule has 0 radical (unpaired) electrons. The molecule has 1 aromatic rings. The van der Waals surface area contributed by atoms with Gasteiger partial charge in [-0.05, 0) is 31.5 Å². The minimum absolute atomic E-state index is 0.114. The van der Waals surface area contributed by atoms with Crippen molar-refractivity contribution >= 4 is 11.9 Å². The van der Waals surface area contributed by atoms with Crippen LogP contribution in [-0.4, -0.2) is 37.0 Å². The van der Waals surface area contributed by atoms with Crippen LogP contribution in [0.15, 0.2) is 22.8 Å². The van der Waals surface area contributed by atoms with Crippen LogP contribution in [0.25, 0.3) is 0 Å². The van der Waals surface area contributed by atoms with Crippen molar-refractivity contribution in [3.8, 4) is 0 Å². The van der Waals surface area contributed by atoms with Gasteiger partial charge in [0.2, 0.25) is 5.91 Å². The molecule has 0 aliphatic carbocycles. The molecule has 3 amide bonds. The minimum Gasteiger partial charge on any atom is -0.468 e. The van der Waals surface area contributed by atoms with Crippen LogP contribution < -0.4 is 10.6 Å². The maximum Gasteiger partial charge on any atom is 0.321 e. The predicted octanol–water partition coefficient (Wildman–Crippen LogP) is 1.65. The van der Waals surface area contributed by atoms with Crippen LogP contribution in [0.5, 0.6) is 0 Å². The highest BCUT2D eigenvalue weighted by molar-refractivity contribution is 5.95. The summed E-state index contributed by atoms with van der Waals surface area (Å²) in [5.74, 6) is 0.599. The number of hydrogen-bond donors (Lipinski definition) is 2. The molecule has 0 aromatic carbocycles. The van der Waals surface area contributed by atoms with Crippen LogP contribution >= 0.6 is 0 Å². The fourth-order valence-corrected chi connectivity index (χ4v) is 2.57. The van der Waals surface area contributed by atoms with E-state index in [-0.39, 0.29) is 18.5 Å². The quantitative estimate of drug-likeness (QED) is 0.882. The number of urea groups is 1. The van der Waals surface area contributed by atoms with Gasteiger partial charge < -0.3 is 9.73 Å². The molecule has 6 heteroatoms. The third-order valence-corrected chi connectivity index (χ3v) is 3.56. The topological polar surface area (TPSA) is 74.6 Å². The minimum atomic E-state index is -0.473. The van der Waals surface area contributed by atoms with E-state index in [9.17, 15) is 9.59 Å². The van der Waals surface area contributed by atoms with Crippen LogP contribution in [0.2, 0.25) is 0 Å². The molecule has 1 aliphatic heterocycles. The summed E-state index contributed by atoms with van der Waals surface area (Å²) in [5.41, 5.74) is 0. The summed E-state index contributed by atoms with van der Waals surface area (Å²) >= 11 is 0. The van der Waals surface area contributed by atoms with E-state index in [1.165, 1.54) is 7.05 Å². The van der Waals surface area contributed by atoms with Crippen LogP contribution in [0.4, 0.5) is 4.79 Å². The van der Waals surface area contributed by atoms with Gasteiger partial charge in [-0.3, -0.25) is 15.0 Å². The van der Waals surface area contributed by atoms with Gasteiger partial charge in [0, 0.05) is 7.05 Å². The standard InChI is InChI=1S/C14H21N3O3/c1-15-14(19)16-13(18)10-17-8-4-2-3-6-11(17)12-7-5-9-20-12/h5,7,9,11H,2-4,6,8,10H2,1H3,(H2,15,16,18,19)/t11-/m1/s1. The van der Waals surface area contributed by atoms with E-state index in [1.807, 2.05) is 12.1 Å². The molecule has 2 heterocycles. The molecule has 0 unspecified atom stereocenters. The Bertz CT molecular complexity index is 445. The summed E-state index contributed by atoms with van der Waals surface area (Å²) in [6.45, 7) is 1.05. The second-order valence-corrected chi connectivity index (χ2v) is 4.98. The van der Waals surface area contributed by atoms with Gasteiger partial charge in [0.15, 0.2) is 0 Å². The number of hydrogen-bond acceptors (Lipinski definition) is 4. The second-order valence-electron chi connectivity index (χ2n) is 4.98. The van der Waals surface area contributed by atoms with Gasteiger partial charge in [-0.25, -0.2) is 4.79 Å². The number of rotatable bonds is 3. The van der Waals surface area contributed by atoms with E-state index in [2.05, 4.69) is 15.5 Å². The summed E-state index contributed by atoms with van der Waals surface area (Å²) in [6, 6.07) is 3.45. The third-order valence-electron chi connectivity index (χ3n) is 3.56. The Hall–Kier alpha value is -1.82. The molecule has 6 nitrogen and oxygen atoms in total. The lowest BCUT2D eigenvalue weighted by molar-refractivity contribution is -0.121. The molecular weight excluding hydrogens is 258 g/mol. The molecule has 20 heavy (non-hydrogen) atoms. The largest absolute Gasteiger partial charge is 0.468 e. The Morgan fingerprint density at radius 3 is 2.95 bits per heavy atom. The Labute approximate surface area is 118 Å². The van der Waals surface area contributed by atoms with Crippen LogP contribution in [-0.2, 0) is 4.79 Å². The number of likely N-dealkylation sites (tertiary alicyclic amines) is 1. The molecule has 1 fully saturated rings. The zero-order chi connectivity index (χ0) is 14.4. The van der Waals surface area contributed by atoms with Gasteiger partial charge in [0.05, 0.1) is 18.8 Å². The molecule has 0 saturated carbocycles. The Morgan fingerprint density at radius 1 is 1.40 bits per heavy atom. The van der Waals surface area contributed by atoms with Crippen LogP contribution in [0, 0.1) is 0 Å². The van der Waals surface area contributed by atoms with Gasteiger partial charge in [0.25, 0.3) is 0 Å². The number of furan rings is 1. The van der Waals surface area contributed by atoms with E-state index in [0.717, 1.165) is 38.0 Å². The molecule has 2 rings (SSSR count). The van der Waals surface area contributed by atoms with Crippen molar-refractivity contribution in [3.05, 3.63) is 24.2 Å². The van der Waals surface area contributed by atoms with Gasteiger partial charge in [-0.1, -0.05) is 12.8 Å². The lowest BCUT2D eigenvalue weighted by Gasteiger charge is -2.27. The van der Waals surface area contributed by atoms with Crippen molar-refractivity contribution in [2.75, 3.05) is 20.1 Å². The lowest BCUT2D eigenvalue weighted by Crippen LogP contribution is -2.44. The van der Waals surface area contributed by atoms with E-state index < -0.39 is 6.03 Å². The summed E-state index contributed by atoms with van der Waals surface area (Å²) in [4.78, 5) is 25.1. The first-order valence-corrected chi connectivity index (χ1v) is 6.99. The molecule has 110 valence electrons. The number of nitrogens with one attached hydrogen (secondary N) is 2. The highest BCUT2D eigenvalue weighted by atomic mass is 16.3. The third kappa shape index (κ3) is 3.84. The lowest BCUT2D eigenvalue weighted by atomic mass is 10.1. The average molecular weight is 279 g/mol. The van der Waals surface area contributed by atoms with Crippen molar-refractivity contribution in [3.63, 3.8) is 0 Å². The van der Waals surface area contributed by atoms with Crippen molar-refractivity contribution in [1.82, 2.24) is 15.5 Å². The number of imide groups is 1. The fraction of sp³-hybridized carbons (Fsp3) is 0.571. The second kappa shape index (κ2) is 7.09. The number of carbonyl (C=O) groups is 2. The molecule has 1 saturated heterocycles. The number of nitrogens with zero attached hydrogens (tertiary/aromatic N) is 1. The summed E-state index contributed by atoms with van der Waals surface area (Å²) in [5, 5.41) is 4.68. The van der Waals surface area contributed by atoms with E-state index in [4.69, 9.17) is 4.42 Å². The number of amides is 3. The smallest absolute Gasteiger partial charge is 0.321 e. The zero-order valence-electron chi connectivity index (χ0n) is 11.7. The van der Waals surface area contributed by atoms with Crippen molar-refractivity contribution in [2.45, 2.75) is 31.7 Å².